The van der Waals surface area contributed by atoms with Crippen molar-refractivity contribution >= 4 is 33.8 Å². The maximum Gasteiger partial charge on any atom is 0.358 e. The molecule has 7 heteroatoms. The Balaban J connectivity index is 1.99. The van der Waals surface area contributed by atoms with Gasteiger partial charge in [-0.25, -0.2) is 14.8 Å². The average molecular weight is 311 g/mol. The van der Waals surface area contributed by atoms with Gasteiger partial charge in [0.1, 0.15) is 5.01 Å². The van der Waals surface area contributed by atoms with Gasteiger partial charge in [-0.2, -0.15) is 0 Å². The second-order valence-electron chi connectivity index (χ2n) is 4.07. The molecule has 0 spiro atoms. The van der Waals surface area contributed by atoms with Crippen molar-refractivity contribution in [3.63, 3.8) is 0 Å². The lowest BCUT2D eigenvalue weighted by Crippen LogP contribution is -2.07. The predicted molar refractivity (Wildman–Crippen MR) is 81.6 cm³/mol. The number of esters is 1. The van der Waals surface area contributed by atoms with Gasteiger partial charge < -0.3 is 10.1 Å². The molecule has 2 rings (SSSR count). The first-order valence-corrected chi connectivity index (χ1v) is 8.09. The summed E-state index contributed by atoms with van der Waals surface area (Å²) in [5.74, 6) is -0.364. The van der Waals surface area contributed by atoms with Crippen LogP contribution in [0.25, 0.3) is 0 Å². The van der Waals surface area contributed by atoms with Crippen molar-refractivity contribution in [2.75, 3.05) is 11.9 Å². The van der Waals surface area contributed by atoms with Crippen LogP contribution in [0.5, 0.6) is 0 Å². The molecule has 0 aliphatic rings. The third kappa shape index (κ3) is 3.55. The minimum atomic E-state index is -0.364. The van der Waals surface area contributed by atoms with Crippen molar-refractivity contribution < 1.29 is 9.53 Å². The summed E-state index contributed by atoms with van der Waals surface area (Å²) in [4.78, 5) is 22.4. The number of nitrogens with zero attached hydrogens (tertiary/aromatic N) is 2. The van der Waals surface area contributed by atoms with Crippen LogP contribution >= 0.6 is 22.7 Å². The summed E-state index contributed by atoms with van der Waals surface area (Å²) in [5.41, 5.74) is 0.396. The highest BCUT2D eigenvalue weighted by atomic mass is 32.1. The lowest BCUT2D eigenvalue weighted by molar-refractivity contribution is 0.0519. The van der Waals surface area contributed by atoms with Crippen molar-refractivity contribution in [2.24, 2.45) is 0 Å². The zero-order valence-electron chi connectivity index (χ0n) is 11.7. The van der Waals surface area contributed by atoms with Crippen LogP contribution in [0.1, 0.15) is 39.1 Å². The number of thiazole rings is 2. The fourth-order valence-electron chi connectivity index (χ4n) is 1.61. The van der Waals surface area contributed by atoms with E-state index < -0.39 is 0 Å². The van der Waals surface area contributed by atoms with Gasteiger partial charge in [0.2, 0.25) is 0 Å². The van der Waals surface area contributed by atoms with E-state index in [0.717, 1.165) is 21.4 Å². The molecule has 0 saturated carbocycles. The molecule has 0 aliphatic heterocycles. The molecule has 0 unspecified atom stereocenters. The minimum Gasteiger partial charge on any atom is -0.461 e. The summed E-state index contributed by atoms with van der Waals surface area (Å²) < 4.78 is 4.97. The van der Waals surface area contributed by atoms with Gasteiger partial charge >= 0.3 is 5.97 Å². The summed E-state index contributed by atoms with van der Waals surface area (Å²) in [7, 11) is 0. The van der Waals surface area contributed by atoms with E-state index in [-0.39, 0.29) is 5.97 Å². The highest BCUT2D eigenvalue weighted by Crippen LogP contribution is 2.24. The van der Waals surface area contributed by atoms with Crippen molar-refractivity contribution in [2.45, 2.75) is 33.7 Å². The first-order valence-electron chi connectivity index (χ1n) is 6.46. The quantitative estimate of drug-likeness (QED) is 0.830. The maximum absolute atomic E-state index is 11.7. The van der Waals surface area contributed by atoms with E-state index in [1.165, 1.54) is 16.2 Å². The summed E-state index contributed by atoms with van der Waals surface area (Å²) in [5, 5.41) is 4.95. The molecular formula is C13H17N3O2S2. The lowest BCUT2D eigenvalue weighted by atomic mass is 10.4. The maximum atomic E-state index is 11.7. The molecule has 0 amide bonds. The number of carbonyl (C=O) groups is 1. The van der Waals surface area contributed by atoms with Crippen LogP contribution in [0.3, 0.4) is 0 Å². The molecular weight excluding hydrogens is 294 g/mol. The van der Waals surface area contributed by atoms with E-state index in [4.69, 9.17) is 4.74 Å². The number of hydrogen-bond donors (Lipinski definition) is 1. The second-order valence-corrected chi connectivity index (χ2v) is 6.47. The van der Waals surface area contributed by atoms with E-state index in [1.807, 2.05) is 13.1 Å². The van der Waals surface area contributed by atoms with Crippen molar-refractivity contribution in [3.05, 3.63) is 26.7 Å². The summed E-state index contributed by atoms with van der Waals surface area (Å²) in [6.45, 7) is 6.75. The largest absolute Gasteiger partial charge is 0.461 e. The number of anilines is 1. The van der Waals surface area contributed by atoms with Gasteiger partial charge in [-0.15, -0.1) is 22.7 Å². The molecule has 5 nitrogen and oxygen atoms in total. The standard InChI is InChI=1S/C13H17N3O2S2/c1-4-9-6-14-10(20-9)7-15-13-16-11(8(3)19-13)12(17)18-5-2/h6H,4-5,7H2,1-3H3,(H,15,16). The molecule has 0 atom stereocenters. The molecule has 0 fully saturated rings. The Bertz CT molecular complexity index is 592. The monoisotopic (exact) mass is 311 g/mol. The van der Waals surface area contributed by atoms with Gasteiger partial charge in [0, 0.05) is 16.0 Å². The van der Waals surface area contributed by atoms with Gasteiger partial charge in [-0.05, 0) is 20.3 Å². The van der Waals surface area contributed by atoms with Crippen LogP contribution in [0.4, 0.5) is 5.13 Å². The SMILES string of the molecule is CCOC(=O)c1nc(NCc2ncc(CC)s2)sc1C. The highest BCUT2D eigenvalue weighted by Gasteiger charge is 2.16. The van der Waals surface area contributed by atoms with Gasteiger partial charge in [-0.3, -0.25) is 0 Å². The third-order valence-corrected chi connectivity index (χ3v) is 4.68. The third-order valence-electron chi connectivity index (χ3n) is 2.61. The van der Waals surface area contributed by atoms with E-state index >= 15 is 0 Å². The van der Waals surface area contributed by atoms with Gasteiger partial charge in [-0.1, -0.05) is 6.92 Å². The number of hydrogen-bond acceptors (Lipinski definition) is 7. The Morgan fingerprint density at radius 3 is 2.85 bits per heavy atom. The van der Waals surface area contributed by atoms with E-state index in [0.29, 0.717) is 18.8 Å². The number of carbonyl (C=O) groups excluding carboxylic acids is 1. The molecule has 0 bridgehead atoms. The molecule has 2 aromatic heterocycles. The Kier molecular flexibility index (Phi) is 5.08. The number of aryl methyl sites for hydroxylation is 2. The lowest BCUT2D eigenvalue weighted by Gasteiger charge is -1.99. The zero-order chi connectivity index (χ0) is 14.5. The van der Waals surface area contributed by atoms with Gasteiger partial charge in [0.15, 0.2) is 10.8 Å². The molecule has 0 saturated heterocycles. The number of rotatable bonds is 6. The number of ether oxygens (including phenoxy) is 1. The van der Waals surface area contributed by atoms with Crippen LogP contribution < -0.4 is 5.32 Å². The van der Waals surface area contributed by atoms with Crippen LogP contribution in [0.15, 0.2) is 6.20 Å². The smallest absolute Gasteiger partial charge is 0.358 e. The Morgan fingerprint density at radius 2 is 2.20 bits per heavy atom. The molecule has 2 heterocycles. The first-order chi connectivity index (χ1) is 9.63. The zero-order valence-corrected chi connectivity index (χ0v) is 13.4. The first kappa shape index (κ1) is 14.9. The summed E-state index contributed by atoms with van der Waals surface area (Å²) in [6, 6.07) is 0. The molecule has 2 aromatic rings. The Morgan fingerprint density at radius 1 is 1.40 bits per heavy atom. The average Bonchev–Trinajstić information content (AvgIpc) is 3.03. The summed E-state index contributed by atoms with van der Waals surface area (Å²) >= 11 is 3.14. The minimum absolute atomic E-state index is 0.359. The van der Waals surface area contributed by atoms with Crippen LogP contribution in [-0.4, -0.2) is 22.5 Å². The van der Waals surface area contributed by atoms with Crippen LogP contribution in [0, 0.1) is 6.92 Å². The van der Waals surface area contributed by atoms with Crippen LogP contribution in [0.2, 0.25) is 0 Å². The molecule has 0 aliphatic carbocycles. The van der Waals surface area contributed by atoms with E-state index in [2.05, 4.69) is 22.2 Å². The molecule has 108 valence electrons. The fourth-order valence-corrected chi connectivity index (χ4v) is 3.20. The Hall–Kier alpha value is -1.47. The molecule has 0 radical (unpaired) electrons. The summed E-state index contributed by atoms with van der Waals surface area (Å²) in [6.07, 6.45) is 2.90. The van der Waals surface area contributed by atoms with Crippen LogP contribution in [-0.2, 0) is 17.7 Å². The fraction of sp³-hybridized carbons (Fsp3) is 0.462. The second kappa shape index (κ2) is 6.81. The van der Waals surface area contributed by atoms with Crippen molar-refractivity contribution in [1.29, 1.82) is 0 Å². The van der Waals surface area contributed by atoms with Gasteiger partial charge in [0.05, 0.1) is 13.2 Å². The highest BCUT2D eigenvalue weighted by molar-refractivity contribution is 7.15. The topological polar surface area (TPSA) is 64.1 Å². The van der Waals surface area contributed by atoms with E-state index in [9.17, 15) is 4.79 Å². The number of nitrogens with one attached hydrogen (secondary N) is 1. The molecule has 20 heavy (non-hydrogen) atoms. The molecule has 1 N–H and O–H groups in total. The van der Waals surface area contributed by atoms with E-state index in [1.54, 1.807) is 18.3 Å². The van der Waals surface area contributed by atoms with Crippen molar-refractivity contribution in [1.82, 2.24) is 9.97 Å². The number of aromatic nitrogens is 2. The normalized spacial score (nSPS) is 10.6. The Labute approximate surface area is 126 Å². The van der Waals surface area contributed by atoms with Crippen molar-refractivity contribution in [3.8, 4) is 0 Å². The molecule has 0 aromatic carbocycles. The predicted octanol–water partition coefficient (Wildman–Crippen LogP) is 3.26. The van der Waals surface area contributed by atoms with Gasteiger partial charge in [0.25, 0.3) is 0 Å².